The molecule has 9 fully saturated rings. The number of ether oxygens (including phenoxy) is 26. The Morgan fingerprint density at radius 1 is 0.189 bits per heavy atom. The molecule has 0 spiro atoms. The molecule has 0 aromatic carbocycles. The molecule has 0 aromatic rings. The molecule has 0 radical (unpaired) electrons. The number of carbonyl (C=O) groups excluding carboxylic acids is 9. The van der Waals surface area contributed by atoms with Crippen LogP contribution < -0.4 is 0 Å². The molecule has 728 valence electrons. The van der Waals surface area contributed by atoms with Gasteiger partial charge in [0, 0.05) is 62.3 Å². The third kappa shape index (κ3) is 25.6. The van der Waals surface area contributed by atoms with Crippen molar-refractivity contribution in [1.29, 1.82) is 0 Å². The van der Waals surface area contributed by atoms with Gasteiger partial charge in [0.25, 0.3) is 0 Å². The standard InChI is InChI=1S/C72H110O55/c1-19(77)107-52-28(10-73)117-65(46(95)42(52)91)102-15-35-40(89)59(126-68-48(97)44(93)54(109-21(3)79)30(12-75)119-68)62(114-26(8)84)71(123-35)105-17-33-37(86)56(111-23(5)81)50(99)67(121-33)104-14-32-39(88)58(61(64(101)116-32)113-25(7)83)125-70-51(100)57(112-24(6)82)38(87)34(122-70)18-106-72-63(115-27(9)85)60(127-69-49(98)45(94)55(110-22(4)80)31(13-76)120-69)41(90)36(124-72)16-103-66-47(96)43(92)53(108-20(2)78)29(11-74)118-66/h28-76,86-101H,10-18H2,1-9H3/t28-,29-,30-,31-,32-,33-,34-,35-,36-,37-,38-,39-,40-,41-,42-,43-,44-,45-,46+,47+,48+,49+,50+,51+,52-,53-,54-,55-,56+,57+,58+,59+,60+,61+,62+,63+,64+,65+,66+,67+,68-,69-,70-,71+,72+/m1/s1. The van der Waals surface area contributed by atoms with Crippen LogP contribution in [0.15, 0.2) is 0 Å². The lowest BCUT2D eigenvalue weighted by Gasteiger charge is -2.48. The molecule has 9 aliphatic rings. The molecule has 9 saturated heterocycles. The Hall–Kier alpha value is -6.25. The summed E-state index contributed by atoms with van der Waals surface area (Å²) in [7, 11) is 0. The highest BCUT2D eigenvalue weighted by molar-refractivity contribution is 5.69. The first-order valence-electron chi connectivity index (χ1n) is 39.6. The highest BCUT2D eigenvalue weighted by Crippen LogP contribution is 2.40. The molecule has 0 saturated carbocycles. The number of esters is 9. The summed E-state index contributed by atoms with van der Waals surface area (Å²) in [5, 5.41) is 226. The van der Waals surface area contributed by atoms with Crippen LogP contribution in [0.1, 0.15) is 62.3 Å². The molecular weight excluding hydrogens is 1740 g/mol. The lowest BCUT2D eigenvalue weighted by molar-refractivity contribution is -0.378. The maximum Gasteiger partial charge on any atom is 0.303 e. The van der Waals surface area contributed by atoms with Gasteiger partial charge in [-0.3, -0.25) is 43.2 Å². The number of rotatable bonds is 34. The van der Waals surface area contributed by atoms with Crippen LogP contribution in [0.3, 0.4) is 0 Å². The fourth-order valence-corrected chi connectivity index (χ4v) is 15.3. The van der Waals surface area contributed by atoms with E-state index >= 15 is 0 Å². The van der Waals surface area contributed by atoms with E-state index in [1.165, 1.54) is 0 Å². The van der Waals surface area contributed by atoms with Crippen molar-refractivity contribution in [3.63, 3.8) is 0 Å². The lowest BCUT2D eigenvalue weighted by atomic mass is 9.96. The molecule has 55 nitrogen and oxygen atoms in total. The van der Waals surface area contributed by atoms with Crippen LogP contribution in [0.25, 0.3) is 0 Å². The first-order chi connectivity index (χ1) is 59.8. The minimum absolute atomic E-state index is 0.814. The molecule has 45 atom stereocenters. The Morgan fingerprint density at radius 3 is 0.654 bits per heavy atom. The van der Waals surface area contributed by atoms with E-state index in [0.717, 1.165) is 62.3 Å². The van der Waals surface area contributed by atoms with Crippen LogP contribution in [-0.4, -0.2) is 492 Å². The highest BCUT2D eigenvalue weighted by atomic mass is 16.8. The highest BCUT2D eigenvalue weighted by Gasteiger charge is 2.61. The van der Waals surface area contributed by atoms with Gasteiger partial charge in [-0.15, -0.1) is 0 Å². The van der Waals surface area contributed by atoms with E-state index < -0.39 is 390 Å². The Kier molecular flexibility index (Phi) is 38.2. The van der Waals surface area contributed by atoms with E-state index in [4.69, 9.17) is 123 Å². The van der Waals surface area contributed by atoms with Crippen LogP contribution in [0.2, 0.25) is 0 Å². The Morgan fingerprint density at radius 2 is 0.370 bits per heavy atom. The lowest BCUT2D eigenvalue weighted by Crippen LogP contribution is -2.67. The monoisotopic (exact) mass is 1850 g/mol. The summed E-state index contributed by atoms with van der Waals surface area (Å²) >= 11 is 0. The molecule has 0 amide bonds. The summed E-state index contributed by atoms with van der Waals surface area (Å²) in [6.45, 7) is -1.48. The maximum absolute atomic E-state index is 13.1. The predicted octanol–water partition coefficient (Wildman–Crippen LogP) is -15.5. The van der Waals surface area contributed by atoms with Gasteiger partial charge in [-0.25, -0.2) is 0 Å². The minimum Gasteiger partial charge on any atom is -0.457 e. The second-order valence-electron chi connectivity index (χ2n) is 30.6. The Balaban J connectivity index is 0.967. The van der Waals surface area contributed by atoms with Crippen molar-refractivity contribution in [2.24, 2.45) is 0 Å². The van der Waals surface area contributed by atoms with Gasteiger partial charge >= 0.3 is 53.7 Å². The molecule has 0 bridgehead atoms. The zero-order valence-electron chi connectivity index (χ0n) is 69.1. The van der Waals surface area contributed by atoms with Crippen LogP contribution in [0.5, 0.6) is 0 Å². The van der Waals surface area contributed by atoms with Gasteiger partial charge in [-0.2, -0.15) is 0 Å². The smallest absolute Gasteiger partial charge is 0.303 e. The zero-order chi connectivity index (χ0) is 93.9. The summed E-state index contributed by atoms with van der Waals surface area (Å²) in [5.74, 6) is -9.93. The van der Waals surface area contributed by atoms with Crippen molar-refractivity contribution in [3.05, 3.63) is 0 Å². The van der Waals surface area contributed by atoms with Gasteiger partial charge in [0.15, 0.2) is 112 Å². The Bertz CT molecular complexity index is 3580. The average Bonchev–Trinajstić information content (AvgIpc) is 0.777. The summed E-state index contributed by atoms with van der Waals surface area (Å²) in [6.07, 6.45) is -93.4. The van der Waals surface area contributed by atoms with E-state index in [0.29, 0.717) is 0 Å². The molecule has 9 aliphatic heterocycles. The third-order valence-electron chi connectivity index (χ3n) is 21.2. The van der Waals surface area contributed by atoms with Gasteiger partial charge in [0.1, 0.15) is 165 Å². The van der Waals surface area contributed by atoms with E-state index in [-0.39, 0.29) is 0 Å². The molecule has 20 N–H and O–H groups in total. The van der Waals surface area contributed by atoms with E-state index in [2.05, 4.69) is 0 Å². The first kappa shape index (κ1) is 104. The molecular formula is C72H110O55. The topological polar surface area (TPSA) is 798 Å². The van der Waals surface area contributed by atoms with Crippen molar-refractivity contribution < 1.29 is 268 Å². The van der Waals surface area contributed by atoms with Crippen LogP contribution in [0.4, 0.5) is 0 Å². The van der Waals surface area contributed by atoms with Gasteiger partial charge in [-0.1, -0.05) is 0 Å². The zero-order valence-corrected chi connectivity index (χ0v) is 69.1. The summed E-state index contributed by atoms with van der Waals surface area (Å²) in [6, 6.07) is 0. The normalized spacial score (nSPS) is 44.2. The number of aliphatic hydroxyl groups excluding tert-OH is 20. The SMILES string of the molecule is CC(=O)O[C@@H]1[C@H](O)[C@@H](OC[C@H]2O[C@H](O)[C@@H](OC(C)=O)[C@@H](O[C@H]3O[C@H](CO[C@H]4O[C@H](CO[C@H]5O[C@H](CO)[C@@H](OC(C)=O)[C@H](O)[C@@H]5O)[C@@H](O)[C@H](O[C@H]5O[C@H](CO)[C@@H](OC(C)=O)[C@H](O)[C@@H]5O)[C@@H]4OC(C)=O)[C@@H](O)[C@H](OC(C)=O)[C@@H]3O)[C@@H]2O)O[C@H](CO[C@H]2O[C@H](CO[C@H]3O[C@H](CO)[C@@H](OC(C)=O)[C@H](O)[C@@H]3O)[C@@H](O)[C@H](O[C@H]3O[C@H](CO)[C@@H](OC(C)=O)[C@H](O)[C@@H]3O)[C@@H]2OC(C)=O)[C@H]1O. The first-order valence-corrected chi connectivity index (χ1v) is 39.6. The fraction of sp³-hybridized carbons (Fsp3) is 0.875. The van der Waals surface area contributed by atoms with E-state index in [1.54, 1.807) is 0 Å². The molecule has 55 heteroatoms. The quantitative estimate of drug-likeness (QED) is 0.0210. The average molecular weight is 1860 g/mol. The maximum atomic E-state index is 13.1. The van der Waals surface area contributed by atoms with Crippen molar-refractivity contribution in [2.75, 3.05) is 59.5 Å². The molecule has 9 rings (SSSR count). The second-order valence-corrected chi connectivity index (χ2v) is 30.6. The van der Waals surface area contributed by atoms with E-state index in [9.17, 15) is 145 Å². The van der Waals surface area contributed by atoms with Crippen molar-refractivity contribution in [1.82, 2.24) is 0 Å². The fourth-order valence-electron chi connectivity index (χ4n) is 15.3. The minimum atomic E-state index is -2.43. The summed E-state index contributed by atoms with van der Waals surface area (Å²) < 4.78 is 147. The van der Waals surface area contributed by atoms with E-state index in [1.807, 2.05) is 0 Å². The second kappa shape index (κ2) is 46.4. The summed E-state index contributed by atoms with van der Waals surface area (Å²) in [4.78, 5) is 112. The third-order valence-corrected chi connectivity index (χ3v) is 21.2. The molecule has 127 heavy (non-hydrogen) atoms. The summed E-state index contributed by atoms with van der Waals surface area (Å²) in [5.41, 5.74) is 0. The van der Waals surface area contributed by atoms with Crippen LogP contribution >= 0.6 is 0 Å². The van der Waals surface area contributed by atoms with Gasteiger partial charge < -0.3 is 225 Å². The van der Waals surface area contributed by atoms with Gasteiger partial charge in [0.2, 0.25) is 0 Å². The Labute approximate surface area is 718 Å². The number of aliphatic hydroxyl groups is 20. The van der Waals surface area contributed by atoms with Gasteiger partial charge in [-0.05, 0) is 0 Å². The number of carbonyl (C=O) groups is 9. The van der Waals surface area contributed by atoms with Crippen molar-refractivity contribution in [2.45, 2.75) is 339 Å². The largest absolute Gasteiger partial charge is 0.457 e. The van der Waals surface area contributed by atoms with Crippen LogP contribution in [-0.2, 0) is 166 Å². The van der Waals surface area contributed by atoms with Crippen LogP contribution in [0, 0.1) is 0 Å². The number of hydrogen-bond donors (Lipinski definition) is 20. The molecule has 0 aliphatic carbocycles. The molecule has 0 aromatic heterocycles. The molecule has 0 unspecified atom stereocenters. The van der Waals surface area contributed by atoms with Crippen molar-refractivity contribution in [3.8, 4) is 0 Å². The number of hydrogen-bond acceptors (Lipinski definition) is 55. The molecule has 9 heterocycles. The van der Waals surface area contributed by atoms with Crippen molar-refractivity contribution >= 4 is 53.7 Å². The predicted molar refractivity (Wildman–Crippen MR) is 383 cm³/mol. The van der Waals surface area contributed by atoms with Gasteiger partial charge in [0.05, 0.1) is 59.5 Å².